The zero-order valence-corrected chi connectivity index (χ0v) is 24.6. The van der Waals surface area contributed by atoms with Gasteiger partial charge in [0.1, 0.15) is 0 Å². The van der Waals surface area contributed by atoms with E-state index in [1.165, 1.54) is 23.1 Å². The van der Waals surface area contributed by atoms with Crippen molar-refractivity contribution >= 4 is 17.6 Å². The van der Waals surface area contributed by atoms with Crippen LogP contribution < -0.4 is 9.64 Å². The number of halogens is 4. The summed E-state index contributed by atoms with van der Waals surface area (Å²) in [6, 6.07) is 7.26. The van der Waals surface area contributed by atoms with Crippen molar-refractivity contribution in [3.05, 3.63) is 81.2 Å². The SMILES string of the molecule is Cc1cc2c(c(-c3cc(F)c4c(c3C)CCCO4)c1[C@H](OC(C)(C)C)C(=O)O)CCN2C(=O)c1cccc(C(F)(F)F)c1. The van der Waals surface area contributed by atoms with Crippen LogP contribution in [0.3, 0.4) is 0 Å². The number of carboxylic acids is 1. The summed E-state index contributed by atoms with van der Waals surface area (Å²) in [6.45, 7) is 9.28. The molecule has 3 aromatic carbocycles. The van der Waals surface area contributed by atoms with Crippen molar-refractivity contribution < 1.29 is 41.7 Å². The Morgan fingerprint density at radius 2 is 1.77 bits per heavy atom. The predicted molar refractivity (Wildman–Crippen MR) is 153 cm³/mol. The predicted octanol–water partition coefficient (Wildman–Crippen LogP) is 7.60. The molecule has 0 aromatic heterocycles. The highest BCUT2D eigenvalue weighted by atomic mass is 19.4. The highest BCUT2D eigenvalue weighted by Crippen LogP contribution is 2.48. The Labute approximate surface area is 247 Å². The molecule has 2 heterocycles. The zero-order valence-electron chi connectivity index (χ0n) is 24.6. The van der Waals surface area contributed by atoms with E-state index in [0.29, 0.717) is 58.5 Å². The van der Waals surface area contributed by atoms with Crippen molar-refractivity contribution in [3.63, 3.8) is 0 Å². The van der Waals surface area contributed by atoms with Crippen LogP contribution >= 0.6 is 0 Å². The number of fused-ring (bicyclic) bond motifs is 2. The number of carbonyl (C=O) groups is 2. The summed E-state index contributed by atoms with van der Waals surface area (Å²) in [5.41, 5.74) is 2.31. The average molecular weight is 600 g/mol. The molecule has 43 heavy (non-hydrogen) atoms. The summed E-state index contributed by atoms with van der Waals surface area (Å²) in [5.74, 6) is -2.24. The van der Waals surface area contributed by atoms with E-state index in [1.807, 2.05) is 6.92 Å². The quantitative estimate of drug-likeness (QED) is 0.306. The van der Waals surface area contributed by atoms with Gasteiger partial charge in [0.2, 0.25) is 0 Å². The van der Waals surface area contributed by atoms with E-state index in [0.717, 1.165) is 17.7 Å². The maximum atomic E-state index is 15.5. The molecule has 1 atom stereocenters. The summed E-state index contributed by atoms with van der Waals surface area (Å²) in [6.07, 6.45) is -4.48. The van der Waals surface area contributed by atoms with E-state index < -0.39 is 41.1 Å². The summed E-state index contributed by atoms with van der Waals surface area (Å²) < 4.78 is 67.5. The Hall–Kier alpha value is -3.92. The van der Waals surface area contributed by atoms with E-state index in [9.17, 15) is 27.9 Å². The van der Waals surface area contributed by atoms with E-state index in [4.69, 9.17) is 9.47 Å². The molecule has 0 saturated heterocycles. The number of amides is 1. The van der Waals surface area contributed by atoms with Crippen LogP contribution in [0.4, 0.5) is 23.2 Å². The first-order chi connectivity index (χ1) is 20.1. The van der Waals surface area contributed by atoms with Gasteiger partial charge in [0.05, 0.1) is 17.8 Å². The maximum Gasteiger partial charge on any atom is 0.416 e. The molecule has 2 aliphatic rings. The van der Waals surface area contributed by atoms with Gasteiger partial charge in [-0.3, -0.25) is 4.79 Å². The Morgan fingerprint density at radius 1 is 1.05 bits per heavy atom. The van der Waals surface area contributed by atoms with Crippen molar-refractivity contribution in [2.45, 2.75) is 71.8 Å². The molecule has 6 nitrogen and oxygen atoms in total. The average Bonchev–Trinajstić information content (AvgIpc) is 3.35. The lowest BCUT2D eigenvalue weighted by Gasteiger charge is -2.30. The second kappa shape index (κ2) is 11.0. The van der Waals surface area contributed by atoms with Crippen LogP contribution in [0.15, 0.2) is 36.4 Å². The lowest BCUT2D eigenvalue weighted by Crippen LogP contribution is -2.30. The minimum Gasteiger partial charge on any atom is -0.490 e. The Morgan fingerprint density at radius 3 is 2.42 bits per heavy atom. The van der Waals surface area contributed by atoms with Crippen molar-refractivity contribution in [3.8, 4) is 16.9 Å². The summed E-state index contributed by atoms with van der Waals surface area (Å²) >= 11 is 0. The summed E-state index contributed by atoms with van der Waals surface area (Å²) in [4.78, 5) is 27.7. The van der Waals surface area contributed by atoms with Gasteiger partial charge in [0.25, 0.3) is 5.91 Å². The van der Waals surface area contributed by atoms with E-state index in [2.05, 4.69) is 0 Å². The molecule has 2 aliphatic heterocycles. The molecular weight excluding hydrogens is 566 g/mol. The molecule has 0 bridgehead atoms. The number of ether oxygens (including phenoxy) is 2. The normalized spacial score (nSPS) is 15.5. The van der Waals surface area contributed by atoms with Crippen LogP contribution in [-0.4, -0.2) is 35.7 Å². The van der Waals surface area contributed by atoms with Gasteiger partial charge in [-0.25, -0.2) is 9.18 Å². The standard InChI is InChI=1S/C33H33F4NO5/c1-17-14-25-22(11-12-38(25)30(39)19-8-6-9-20(15-19)33(35,36)37)27(26(17)29(31(40)41)43-32(3,4)5)23-16-24(34)28-21(18(23)2)10-7-13-42-28/h6,8-9,14-16,29H,7,10-13H2,1-5H3,(H,40,41)/t29-/m0/s1. The zero-order chi connectivity index (χ0) is 31.4. The van der Waals surface area contributed by atoms with Gasteiger partial charge < -0.3 is 19.5 Å². The van der Waals surface area contributed by atoms with Gasteiger partial charge in [-0.15, -0.1) is 0 Å². The number of carboxylic acid groups (broad SMARTS) is 1. The summed E-state index contributed by atoms with van der Waals surface area (Å²) in [5, 5.41) is 10.4. The molecule has 1 amide bonds. The van der Waals surface area contributed by atoms with Crippen LogP contribution in [-0.2, 0) is 28.5 Å². The van der Waals surface area contributed by atoms with Gasteiger partial charge in [0.15, 0.2) is 17.7 Å². The topological polar surface area (TPSA) is 76.1 Å². The molecule has 0 spiro atoms. The fourth-order valence-electron chi connectivity index (χ4n) is 6.04. The second-order valence-corrected chi connectivity index (χ2v) is 12.0. The number of hydrogen-bond acceptors (Lipinski definition) is 4. The monoisotopic (exact) mass is 599 g/mol. The Kier molecular flexibility index (Phi) is 7.79. The van der Waals surface area contributed by atoms with Crippen molar-refractivity contribution in [1.82, 2.24) is 0 Å². The first-order valence-electron chi connectivity index (χ1n) is 14.1. The minimum absolute atomic E-state index is 0.126. The van der Waals surface area contributed by atoms with Gasteiger partial charge in [0, 0.05) is 28.9 Å². The van der Waals surface area contributed by atoms with Gasteiger partial charge in [-0.2, -0.15) is 13.2 Å². The molecule has 3 aromatic rings. The maximum absolute atomic E-state index is 15.5. The minimum atomic E-state index is -4.62. The fourth-order valence-corrected chi connectivity index (χ4v) is 6.04. The number of nitrogens with zero attached hydrogens (tertiary/aromatic N) is 1. The number of rotatable bonds is 5. The number of aryl methyl sites for hydroxylation is 1. The molecule has 1 N–H and O–H groups in total. The third-order valence-corrected chi connectivity index (χ3v) is 7.88. The molecule has 0 radical (unpaired) electrons. The number of anilines is 1. The van der Waals surface area contributed by atoms with Crippen molar-refractivity contribution in [2.75, 3.05) is 18.1 Å². The smallest absolute Gasteiger partial charge is 0.416 e. The van der Waals surface area contributed by atoms with Crippen LogP contribution in [0.25, 0.3) is 11.1 Å². The molecule has 5 rings (SSSR count). The van der Waals surface area contributed by atoms with E-state index in [1.54, 1.807) is 33.8 Å². The lowest BCUT2D eigenvalue weighted by atomic mass is 9.83. The van der Waals surface area contributed by atoms with Crippen LogP contribution in [0.5, 0.6) is 5.75 Å². The molecule has 0 aliphatic carbocycles. The van der Waals surface area contributed by atoms with Crippen molar-refractivity contribution in [1.29, 1.82) is 0 Å². The summed E-state index contributed by atoms with van der Waals surface area (Å²) in [7, 11) is 0. The number of carbonyl (C=O) groups excluding carboxylic acids is 1. The number of hydrogen-bond donors (Lipinski definition) is 1. The Bertz CT molecular complexity index is 1620. The van der Waals surface area contributed by atoms with E-state index in [-0.39, 0.29) is 24.3 Å². The van der Waals surface area contributed by atoms with Crippen LogP contribution in [0, 0.1) is 19.7 Å². The van der Waals surface area contributed by atoms with Crippen LogP contribution in [0.2, 0.25) is 0 Å². The highest BCUT2D eigenvalue weighted by molar-refractivity contribution is 6.08. The number of aliphatic carboxylic acids is 1. The Balaban J connectivity index is 1.75. The molecule has 0 fully saturated rings. The largest absolute Gasteiger partial charge is 0.490 e. The van der Waals surface area contributed by atoms with E-state index >= 15 is 4.39 Å². The third-order valence-electron chi connectivity index (χ3n) is 7.88. The fraction of sp³-hybridized carbons (Fsp3) is 0.394. The van der Waals surface area contributed by atoms with Gasteiger partial charge in [-0.1, -0.05) is 6.07 Å². The van der Waals surface area contributed by atoms with Crippen molar-refractivity contribution in [2.24, 2.45) is 0 Å². The molecule has 0 saturated carbocycles. The van der Waals surface area contributed by atoms with Crippen LogP contribution in [0.1, 0.15) is 77.0 Å². The number of benzene rings is 3. The molecule has 228 valence electrons. The second-order valence-electron chi connectivity index (χ2n) is 12.0. The third kappa shape index (κ3) is 5.72. The molecular formula is C33H33F4NO5. The lowest BCUT2D eigenvalue weighted by molar-refractivity contribution is -0.160. The molecule has 0 unspecified atom stereocenters. The van der Waals surface area contributed by atoms with Gasteiger partial charge in [-0.05, 0) is 112 Å². The molecule has 10 heteroatoms. The first kappa shape index (κ1) is 30.5. The van der Waals surface area contributed by atoms with Gasteiger partial charge >= 0.3 is 12.1 Å². The highest BCUT2D eigenvalue weighted by Gasteiger charge is 2.38. The first-order valence-corrected chi connectivity index (χ1v) is 14.1. The number of alkyl halides is 3.